The number of sulfonamides is 1. The maximum Gasteiger partial charge on any atom is 0.243 e. The number of nitrogens with zero attached hydrogens (tertiary/aromatic N) is 1. The molecule has 2 rings (SSSR count). The third kappa shape index (κ3) is 6.59. The van der Waals surface area contributed by atoms with Gasteiger partial charge in [0.05, 0.1) is 4.90 Å². The van der Waals surface area contributed by atoms with Crippen LogP contribution in [0.1, 0.15) is 45.1 Å². The van der Waals surface area contributed by atoms with E-state index >= 15 is 0 Å². The Morgan fingerprint density at radius 3 is 2.52 bits per heavy atom. The van der Waals surface area contributed by atoms with Crippen LogP contribution in [-0.4, -0.2) is 51.4 Å². The van der Waals surface area contributed by atoms with Crippen LogP contribution in [0.2, 0.25) is 0 Å². The molecule has 1 heterocycles. The van der Waals surface area contributed by atoms with Gasteiger partial charge in [-0.3, -0.25) is 4.79 Å². The van der Waals surface area contributed by atoms with Gasteiger partial charge in [0.25, 0.3) is 0 Å². The minimum absolute atomic E-state index is 0.0543. The predicted molar refractivity (Wildman–Crippen MR) is 108 cm³/mol. The Morgan fingerprint density at radius 1 is 1.22 bits per heavy atom. The van der Waals surface area contributed by atoms with Gasteiger partial charge in [0, 0.05) is 26.1 Å². The third-order valence-corrected chi connectivity index (χ3v) is 7.25. The van der Waals surface area contributed by atoms with Crippen LogP contribution in [0, 0.1) is 5.92 Å². The molecule has 0 bridgehead atoms. The molecule has 0 saturated carbocycles. The summed E-state index contributed by atoms with van der Waals surface area (Å²) < 4.78 is 26.4. The highest BCUT2D eigenvalue weighted by Crippen LogP contribution is 2.17. The number of amides is 1. The molecule has 1 aliphatic heterocycles. The molecule has 2 N–H and O–H groups in total. The normalized spacial score (nSPS) is 17.8. The Balaban J connectivity index is 1.76. The van der Waals surface area contributed by atoms with E-state index in [4.69, 9.17) is 0 Å². The van der Waals surface area contributed by atoms with E-state index in [9.17, 15) is 13.2 Å². The number of hydrogen-bond acceptors (Lipinski definition) is 4. The fraction of sp³-hybridized carbons (Fsp3) is 0.650. The van der Waals surface area contributed by atoms with Crippen molar-refractivity contribution in [3.63, 3.8) is 0 Å². The van der Waals surface area contributed by atoms with Crippen LogP contribution in [0.5, 0.6) is 0 Å². The first-order valence-electron chi connectivity index (χ1n) is 10.0. The molecule has 0 aliphatic carbocycles. The van der Waals surface area contributed by atoms with E-state index in [0.717, 1.165) is 31.6 Å². The van der Waals surface area contributed by atoms with Crippen molar-refractivity contribution in [1.29, 1.82) is 0 Å². The van der Waals surface area contributed by atoms with Crippen LogP contribution in [0.15, 0.2) is 29.2 Å². The van der Waals surface area contributed by atoms with Crippen molar-refractivity contribution in [1.82, 2.24) is 14.9 Å². The highest BCUT2D eigenvalue weighted by molar-refractivity contribution is 7.89. The molecule has 0 radical (unpaired) electrons. The number of hydrogen-bond donors (Lipinski definition) is 2. The van der Waals surface area contributed by atoms with Crippen molar-refractivity contribution < 1.29 is 13.2 Å². The van der Waals surface area contributed by atoms with Crippen molar-refractivity contribution in [2.45, 2.75) is 50.8 Å². The second kappa shape index (κ2) is 10.8. The summed E-state index contributed by atoms with van der Waals surface area (Å²) in [6, 6.07) is 6.88. The third-order valence-electron chi connectivity index (χ3n) is 5.18. The summed E-state index contributed by atoms with van der Waals surface area (Å²) in [5.41, 5.74) is 0.972. The molecule has 1 aromatic rings. The van der Waals surface area contributed by atoms with Crippen LogP contribution >= 0.6 is 0 Å². The average Bonchev–Trinajstić information content (AvgIpc) is 2.68. The number of benzene rings is 1. The fourth-order valence-electron chi connectivity index (χ4n) is 3.47. The van der Waals surface area contributed by atoms with Gasteiger partial charge in [0.1, 0.15) is 0 Å². The van der Waals surface area contributed by atoms with E-state index in [1.54, 1.807) is 24.3 Å². The standard InChI is InChI=1S/C20H33N3O3S/c1-3-23(4-2)27(25,26)19-10-7-17(8-11-19)9-12-20(24)22-15-13-18-6-5-14-21-16-18/h7-8,10-11,18,21H,3-6,9,12-16H2,1-2H3,(H,22,24). The first kappa shape index (κ1) is 21.9. The lowest BCUT2D eigenvalue weighted by molar-refractivity contribution is -0.121. The largest absolute Gasteiger partial charge is 0.356 e. The van der Waals surface area contributed by atoms with E-state index in [2.05, 4.69) is 10.6 Å². The quantitative estimate of drug-likeness (QED) is 0.636. The summed E-state index contributed by atoms with van der Waals surface area (Å²) in [6.45, 7) is 7.47. The molecule has 1 atom stereocenters. The lowest BCUT2D eigenvalue weighted by Gasteiger charge is -2.22. The van der Waals surface area contributed by atoms with Crippen LogP contribution in [-0.2, 0) is 21.2 Å². The molecular weight excluding hydrogens is 362 g/mol. The summed E-state index contributed by atoms with van der Waals surface area (Å²) in [5.74, 6) is 0.720. The zero-order valence-electron chi connectivity index (χ0n) is 16.5. The zero-order chi connectivity index (χ0) is 19.7. The minimum atomic E-state index is -3.42. The first-order valence-corrected chi connectivity index (χ1v) is 11.5. The van der Waals surface area contributed by atoms with E-state index in [-0.39, 0.29) is 5.91 Å². The van der Waals surface area contributed by atoms with Gasteiger partial charge in [-0.1, -0.05) is 26.0 Å². The highest BCUT2D eigenvalue weighted by atomic mass is 32.2. The summed E-state index contributed by atoms with van der Waals surface area (Å²) in [6.07, 6.45) is 4.52. The topological polar surface area (TPSA) is 78.5 Å². The monoisotopic (exact) mass is 395 g/mol. The lowest BCUT2D eigenvalue weighted by Crippen LogP contribution is -2.33. The SMILES string of the molecule is CCN(CC)S(=O)(=O)c1ccc(CCC(=O)NCCC2CCCNC2)cc1. The predicted octanol–water partition coefficient (Wildman–Crippen LogP) is 2.16. The highest BCUT2D eigenvalue weighted by Gasteiger charge is 2.21. The number of nitrogens with one attached hydrogen (secondary N) is 2. The van der Waals surface area contributed by atoms with E-state index < -0.39 is 10.0 Å². The van der Waals surface area contributed by atoms with Gasteiger partial charge < -0.3 is 10.6 Å². The van der Waals surface area contributed by atoms with Gasteiger partial charge in [-0.25, -0.2) is 8.42 Å². The van der Waals surface area contributed by atoms with Crippen molar-refractivity contribution in [3.8, 4) is 0 Å². The average molecular weight is 396 g/mol. The van der Waals surface area contributed by atoms with Crippen LogP contribution in [0.3, 0.4) is 0 Å². The molecule has 1 aliphatic rings. The molecule has 6 nitrogen and oxygen atoms in total. The molecule has 1 fully saturated rings. The molecule has 152 valence electrons. The molecule has 1 amide bonds. The van der Waals surface area contributed by atoms with E-state index in [1.165, 1.54) is 17.1 Å². The number of aryl methyl sites for hydroxylation is 1. The number of carbonyl (C=O) groups excluding carboxylic acids is 1. The van der Waals surface area contributed by atoms with E-state index in [0.29, 0.717) is 36.7 Å². The summed E-state index contributed by atoms with van der Waals surface area (Å²) in [4.78, 5) is 12.3. The van der Waals surface area contributed by atoms with Crippen molar-refractivity contribution >= 4 is 15.9 Å². The van der Waals surface area contributed by atoms with E-state index in [1.807, 2.05) is 13.8 Å². The fourth-order valence-corrected chi connectivity index (χ4v) is 4.93. The second-order valence-corrected chi connectivity index (χ2v) is 9.02. The lowest BCUT2D eigenvalue weighted by atomic mass is 9.96. The maximum absolute atomic E-state index is 12.5. The van der Waals surface area contributed by atoms with Gasteiger partial charge >= 0.3 is 0 Å². The van der Waals surface area contributed by atoms with Gasteiger partial charge in [0.2, 0.25) is 15.9 Å². The maximum atomic E-state index is 12.5. The molecule has 27 heavy (non-hydrogen) atoms. The van der Waals surface area contributed by atoms with Crippen molar-refractivity contribution in [2.75, 3.05) is 32.7 Å². The second-order valence-electron chi connectivity index (χ2n) is 7.08. The summed E-state index contributed by atoms with van der Waals surface area (Å²) >= 11 is 0. The number of rotatable bonds is 10. The van der Waals surface area contributed by atoms with Crippen LogP contribution in [0.25, 0.3) is 0 Å². The number of carbonyl (C=O) groups is 1. The Labute approximate surface area is 163 Å². The van der Waals surface area contributed by atoms with Crippen LogP contribution in [0.4, 0.5) is 0 Å². The minimum Gasteiger partial charge on any atom is -0.356 e. The Bertz CT molecular complexity index is 679. The zero-order valence-corrected chi connectivity index (χ0v) is 17.4. The molecule has 1 aromatic carbocycles. The van der Waals surface area contributed by atoms with Crippen molar-refractivity contribution in [2.24, 2.45) is 5.92 Å². The molecular formula is C20H33N3O3S. The smallest absolute Gasteiger partial charge is 0.243 e. The Hall–Kier alpha value is -1.44. The molecule has 0 spiro atoms. The van der Waals surface area contributed by atoms with Gasteiger partial charge in [-0.2, -0.15) is 4.31 Å². The Kier molecular flexibility index (Phi) is 8.73. The molecule has 0 aromatic heterocycles. The molecule has 1 saturated heterocycles. The van der Waals surface area contributed by atoms with Gasteiger partial charge in [0.15, 0.2) is 0 Å². The molecule has 7 heteroatoms. The number of piperidine rings is 1. The van der Waals surface area contributed by atoms with Crippen LogP contribution < -0.4 is 10.6 Å². The van der Waals surface area contributed by atoms with Gasteiger partial charge in [-0.05, 0) is 62.4 Å². The summed E-state index contributed by atoms with van der Waals surface area (Å²) in [5, 5.41) is 6.39. The molecule has 1 unspecified atom stereocenters. The Morgan fingerprint density at radius 2 is 1.93 bits per heavy atom. The van der Waals surface area contributed by atoms with Gasteiger partial charge in [-0.15, -0.1) is 0 Å². The summed E-state index contributed by atoms with van der Waals surface area (Å²) in [7, 11) is -3.42. The van der Waals surface area contributed by atoms with Crippen molar-refractivity contribution in [3.05, 3.63) is 29.8 Å². The first-order chi connectivity index (χ1) is 13.0.